The van der Waals surface area contributed by atoms with E-state index in [1.165, 1.54) is 0 Å². The second kappa shape index (κ2) is 9.29. The van der Waals surface area contributed by atoms with Crippen molar-refractivity contribution in [3.8, 4) is 11.5 Å². The monoisotopic (exact) mass is 361 g/mol. The average molecular weight is 361 g/mol. The smallest absolute Gasteiger partial charge is 0.186 e. The Kier molecular flexibility index (Phi) is 6.30. The number of aliphatic imine (C=N–C) groups is 1. The van der Waals surface area contributed by atoms with Gasteiger partial charge in [-0.3, -0.25) is 0 Å². The van der Waals surface area contributed by atoms with Crippen LogP contribution >= 0.6 is 0 Å². The van der Waals surface area contributed by atoms with Gasteiger partial charge in [-0.15, -0.1) is 0 Å². The number of guanidine groups is 1. The van der Waals surface area contributed by atoms with Crippen LogP contribution in [0.2, 0.25) is 0 Å². The zero-order valence-electron chi connectivity index (χ0n) is 15.0. The molecule has 0 aliphatic heterocycles. The number of ether oxygens (including phenoxy) is 2. The third-order valence-corrected chi connectivity index (χ3v) is 3.88. The molecule has 3 aromatic rings. The topological polar surface area (TPSA) is 82.9 Å². The Labute approximate surface area is 159 Å². The highest BCUT2D eigenvalue weighted by atomic mass is 16.5. The van der Waals surface area contributed by atoms with E-state index in [0.717, 1.165) is 16.7 Å². The molecule has 138 valence electrons. The Morgan fingerprint density at radius 2 is 1.15 bits per heavy atom. The average Bonchev–Trinajstić information content (AvgIpc) is 2.71. The minimum atomic E-state index is 0.0531. The molecule has 0 unspecified atom stereocenters. The molecule has 0 atom stereocenters. The quantitative estimate of drug-likeness (QED) is 0.474. The van der Waals surface area contributed by atoms with E-state index in [-0.39, 0.29) is 5.96 Å². The van der Waals surface area contributed by atoms with Gasteiger partial charge in [0.1, 0.15) is 24.7 Å². The van der Waals surface area contributed by atoms with E-state index in [0.29, 0.717) is 31.3 Å². The lowest BCUT2D eigenvalue weighted by Crippen LogP contribution is -2.22. The number of nitrogens with two attached hydrogens (primary N) is 2. The summed E-state index contributed by atoms with van der Waals surface area (Å²) >= 11 is 0. The van der Waals surface area contributed by atoms with Crippen molar-refractivity contribution < 1.29 is 9.47 Å². The van der Waals surface area contributed by atoms with Crippen LogP contribution in [0.5, 0.6) is 11.5 Å². The summed E-state index contributed by atoms with van der Waals surface area (Å²) in [6.07, 6.45) is 0. The zero-order chi connectivity index (χ0) is 18.9. The molecular formula is C22H23N3O2. The lowest BCUT2D eigenvalue weighted by atomic mass is 10.2. The van der Waals surface area contributed by atoms with Crippen LogP contribution in [0.25, 0.3) is 0 Å². The lowest BCUT2D eigenvalue weighted by molar-refractivity contribution is 0.289. The maximum absolute atomic E-state index is 5.94. The zero-order valence-corrected chi connectivity index (χ0v) is 15.0. The fourth-order valence-electron chi connectivity index (χ4n) is 2.55. The molecule has 0 saturated heterocycles. The van der Waals surface area contributed by atoms with Crippen molar-refractivity contribution in [2.75, 3.05) is 0 Å². The minimum Gasteiger partial charge on any atom is -0.489 e. The van der Waals surface area contributed by atoms with E-state index in [2.05, 4.69) is 4.99 Å². The molecule has 4 N–H and O–H groups in total. The third-order valence-electron chi connectivity index (χ3n) is 3.88. The molecule has 0 heterocycles. The van der Waals surface area contributed by atoms with Crippen LogP contribution in [-0.2, 0) is 19.8 Å². The molecular weight excluding hydrogens is 338 g/mol. The molecule has 0 amide bonds. The molecule has 0 bridgehead atoms. The molecule has 5 nitrogen and oxygen atoms in total. The van der Waals surface area contributed by atoms with Gasteiger partial charge in [0.2, 0.25) is 0 Å². The Balaban J connectivity index is 1.74. The first kappa shape index (κ1) is 18.3. The van der Waals surface area contributed by atoms with Crippen LogP contribution in [0, 0.1) is 0 Å². The van der Waals surface area contributed by atoms with Crippen molar-refractivity contribution in [1.29, 1.82) is 0 Å². The normalized spacial score (nSPS) is 10.2. The van der Waals surface area contributed by atoms with Gasteiger partial charge in [-0.25, -0.2) is 4.99 Å². The van der Waals surface area contributed by atoms with E-state index >= 15 is 0 Å². The molecule has 0 aliphatic rings. The molecule has 0 saturated carbocycles. The van der Waals surface area contributed by atoms with Gasteiger partial charge in [-0.2, -0.15) is 0 Å². The highest BCUT2D eigenvalue weighted by Crippen LogP contribution is 2.25. The first-order chi connectivity index (χ1) is 13.2. The molecule has 3 rings (SSSR count). The van der Waals surface area contributed by atoms with Gasteiger partial charge in [0.15, 0.2) is 5.96 Å². The SMILES string of the molecule is NC(N)=NCc1cc(OCc2ccccc2)cc(OCc2ccccc2)c1. The maximum Gasteiger partial charge on any atom is 0.186 e. The van der Waals surface area contributed by atoms with Gasteiger partial charge in [0, 0.05) is 6.07 Å². The predicted octanol–water partition coefficient (Wildman–Crippen LogP) is 3.62. The van der Waals surface area contributed by atoms with E-state index in [9.17, 15) is 0 Å². The van der Waals surface area contributed by atoms with Gasteiger partial charge in [0.25, 0.3) is 0 Å². The number of hydrogen-bond acceptors (Lipinski definition) is 3. The Hall–Kier alpha value is -3.47. The molecule has 0 aromatic heterocycles. The van der Waals surface area contributed by atoms with Crippen molar-refractivity contribution in [2.45, 2.75) is 19.8 Å². The molecule has 0 aliphatic carbocycles. The molecule has 0 fully saturated rings. The molecule has 27 heavy (non-hydrogen) atoms. The molecule has 0 spiro atoms. The van der Waals surface area contributed by atoms with Crippen LogP contribution < -0.4 is 20.9 Å². The van der Waals surface area contributed by atoms with Crippen LogP contribution in [-0.4, -0.2) is 5.96 Å². The largest absolute Gasteiger partial charge is 0.489 e. The van der Waals surface area contributed by atoms with E-state index in [4.69, 9.17) is 20.9 Å². The second-order valence-electron chi connectivity index (χ2n) is 6.10. The van der Waals surface area contributed by atoms with Gasteiger partial charge in [0.05, 0.1) is 6.54 Å². The highest BCUT2D eigenvalue weighted by Gasteiger charge is 2.05. The van der Waals surface area contributed by atoms with Crippen molar-refractivity contribution in [3.05, 3.63) is 95.6 Å². The fraction of sp³-hybridized carbons (Fsp3) is 0.136. The first-order valence-electron chi connectivity index (χ1n) is 8.72. The van der Waals surface area contributed by atoms with Crippen LogP contribution in [0.15, 0.2) is 83.9 Å². The van der Waals surface area contributed by atoms with Gasteiger partial charge < -0.3 is 20.9 Å². The predicted molar refractivity (Wildman–Crippen MR) is 108 cm³/mol. The third kappa shape index (κ3) is 6.08. The number of benzene rings is 3. The van der Waals surface area contributed by atoms with E-state index in [1.807, 2.05) is 78.9 Å². The van der Waals surface area contributed by atoms with Crippen LogP contribution in [0.4, 0.5) is 0 Å². The summed E-state index contributed by atoms with van der Waals surface area (Å²) in [5, 5.41) is 0. The maximum atomic E-state index is 5.94. The molecule has 0 radical (unpaired) electrons. The number of nitrogens with zero attached hydrogens (tertiary/aromatic N) is 1. The standard InChI is InChI=1S/C22H23N3O2/c23-22(24)25-14-19-11-20(26-15-17-7-3-1-4-8-17)13-21(12-19)27-16-18-9-5-2-6-10-18/h1-13H,14-16H2,(H4,23,24,25). The van der Waals surface area contributed by atoms with Gasteiger partial charge in [-0.05, 0) is 28.8 Å². The van der Waals surface area contributed by atoms with Gasteiger partial charge in [-0.1, -0.05) is 60.7 Å². The molecule has 5 heteroatoms. The fourth-order valence-corrected chi connectivity index (χ4v) is 2.55. The van der Waals surface area contributed by atoms with Gasteiger partial charge >= 0.3 is 0 Å². The minimum absolute atomic E-state index is 0.0531. The summed E-state index contributed by atoms with van der Waals surface area (Å²) in [7, 11) is 0. The number of rotatable bonds is 8. The highest BCUT2D eigenvalue weighted by molar-refractivity contribution is 5.75. The Morgan fingerprint density at radius 3 is 1.59 bits per heavy atom. The summed E-state index contributed by atoms with van der Waals surface area (Å²) in [5.74, 6) is 1.48. The van der Waals surface area contributed by atoms with E-state index < -0.39 is 0 Å². The van der Waals surface area contributed by atoms with Crippen LogP contribution in [0.3, 0.4) is 0 Å². The Bertz CT molecular complexity index is 815. The van der Waals surface area contributed by atoms with Crippen molar-refractivity contribution >= 4 is 5.96 Å². The first-order valence-corrected chi connectivity index (χ1v) is 8.72. The van der Waals surface area contributed by atoms with Crippen molar-refractivity contribution in [2.24, 2.45) is 16.5 Å². The van der Waals surface area contributed by atoms with Crippen molar-refractivity contribution in [3.63, 3.8) is 0 Å². The summed E-state index contributed by atoms with van der Waals surface area (Å²) in [4.78, 5) is 4.07. The van der Waals surface area contributed by atoms with E-state index in [1.54, 1.807) is 0 Å². The summed E-state index contributed by atoms with van der Waals surface area (Å²) in [6.45, 7) is 1.32. The van der Waals surface area contributed by atoms with Crippen molar-refractivity contribution in [1.82, 2.24) is 0 Å². The summed E-state index contributed by atoms with van der Waals surface area (Å²) < 4.78 is 11.9. The second-order valence-corrected chi connectivity index (χ2v) is 6.10. The summed E-state index contributed by atoms with van der Waals surface area (Å²) in [6, 6.07) is 25.7. The number of hydrogen-bond donors (Lipinski definition) is 2. The summed E-state index contributed by atoms with van der Waals surface area (Å²) in [5.41, 5.74) is 14.0. The van der Waals surface area contributed by atoms with Crippen LogP contribution in [0.1, 0.15) is 16.7 Å². The Morgan fingerprint density at radius 1 is 0.667 bits per heavy atom. The molecule has 3 aromatic carbocycles. The lowest BCUT2D eigenvalue weighted by Gasteiger charge is -2.12.